The Morgan fingerprint density at radius 3 is 2.64 bits per heavy atom. The normalized spacial score (nSPS) is 31.6. The molecule has 1 saturated carbocycles. The number of methoxy groups -OCH3 is 1. The summed E-state index contributed by atoms with van der Waals surface area (Å²) in [7, 11) is 1.81. The van der Waals surface area contributed by atoms with Crippen LogP contribution in [0.3, 0.4) is 0 Å². The van der Waals surface area contributed by atoms with E-state index in [9.17, 15) is 0 Å². The highest BCUT2D eigenvalue weighted by atomic mass is 16.5. The molecule has 1 fully saturated rings. The van der Waals surface area contributed by atoms with Crippen molar-refractivity contribution in [2.75, 3.05) is 7.11 Å². The van der Waals surface area contributed by atoms with Gasteiger partial charge in [0.25, 0.3) is 0 Å². The van der Waals surface area contributed by atoms with Crippen LogP contribution in [0.4, 0.5) is 0 Å². The molecule has 1 aliphatic rings. The summed E-state index contributed by atoms with van der Waals surface area (Å²) in [5, 5.41) is 3.52. The van der Waals surface area contributed by atoms with Crippen LogP contribution in [-0.2, 0) is 4.74 Å². The van der Waals surface area contributed by atoms with Gasteiger partial charge < -0.3 is 10.1 Å². The van der Waals surface area contributed by atoms with Crippen LogP contribution in [-0.4, -0.2) is 25.3 Å². The van der Waals surface area contributed by atoms with Gasteiger partial charge in [-0.3, -0.25) is 0 Å². The lowest BCUT2D eigenvalue weighted by Gasteiger charge is -2.21. The number of hydrogen-bond acceptors (Lipinski definition) is 2. The van der Waals surface area contributed by atoms with Crippen molar-refractivity contribution in [1.82, 2.24) is 5.32 Å². The van der Waals surface area contributed by atoms with E-state index in [1.54, 1.807) is 0 Å². The molecule has 0 aromatic carbocycles. The second-order valence-electron chi connectivity index (χ2n) is 3.63. The molecule has 2 heteroatoms. The first kappa shape index (κ1) is 9.01. The van der Waals surface area contributed by atoms with Crippen LogP contribution in [0.1, 0.15) is 33.1 Å². The van der Waals surface area contributed by atoms with Crippen LogP contribution in [0.2, 0.25) is 0 Å². The van der Waals surface area contributed by atoms with Gasteiger partial charge >= 0.3 is 0 Å². The van der Waals surface area contributed by atoms with Gasteiger partial charge in [0.1, 0.15) is 0 Å². The predicted molar refractivity (Wildman–Crippen MR) is 46.7 cm³/mol. The van der Waals surface area contributed by atoms with Crippen molar-refractivity contribution in [3.63, 3.8) is 0 Å². The van der Waals surface area contributed by atoms with E-state index < -0.39 is 0 Å². The van der Waals surface area contributed by atoms with Gasteiger partial charge in [-0.15, -0.1) is 0 Å². The van der Waals surface area contributed by atoms with Crippen molar-refractivity contribution in [2.24, 2.45) is 0 Å². The van der Waals surface area contributed by atoms with E-state index in [0.717, 1.165) is 0 Å². The largest absolute Gasteiger partial charge is 0.380 e. The van der Waals surface area contributed by atoms with Crippen molar-refractivity contribution >= 4 is 0 Å². The van der Waals surface area contributed by atoms with Crippen molar-refractivity contribution in [3.8, 4) is 0 Å². The molecule has 2 atom stereocenters. The molecule has 0 amide bonds. The van der Waals surface area contributed by atoms with Crippen molar-refractivity contribution in [3.05, 3.63) is 0 Å². The first-order chi connectivity index (χ1) is 5.24. The van der Waals surface area contributed by atoms with Crippen molar-refractivity contribution in [1.29, 1.82) is 0 Å². The molecule has 0 unspecified atom stereocenters. The summed E-state index contributed by atoms with van der Waals surface area (Å²) in [5.41, 5.74) is 0. The summed E-state index contributed by atoms with van der Waals surface area (Å²) >= 11 is 0. The van der Waals surface area contributed by atoms with Crippen molar-refractivity contribution < 1.29 is 4.74 Å². The molecule has 0 spiro atoms. The smallest absolute Gasteiger partial charge is 0.0724 e. The third-order valence-electron chi connectivity index (χ3n) is 2.30. The van der Waals surface area contributed by atoms with E-state index in [0.29, 0.717) is 18.2 Å². The summed E-state index contributed by atoms with van der Waals surface area (Å²) in [5.74, 6) is 0. The average molecular weight is 157 g/mol. The molecule has 66 valence electrons. The van der Waals surface area contributed by atoms with E-state index in [1.165, 1.54) is 19.3 Å². The van der Waals surface area contributed by atoms with E-state index in [-0.39, 0.29) is 0 Å². The second-order valence-corrected chi connectivity index (χ2v) is 3.63. The van der Waals surface area contributed by atoms with Gasteiger partial charge in [-0.2, -0.15) is 0 Å². The fourth-order valence-corrected chi connectivity index (χ4v) is 1.83. The zero-order valence-corrected chi connectivity index (χ0v) is 7.76. The van der Waals surface area contributed by atoms with Gasteiger partial charge in [0.15, 0.2) is 0 Å². The molecule has 1 rings (SSSR count). The molecular formula is C9H19NO. The molecular weight excluding hydrogens is 138 g/mol. The second kappa shape index (κ2) is 4.07. The van der Waals surface area contributed by atoms with E-state index in [2.05, 4.69) is 19.2 Å². The molecule has 0 aromatic rings. The highest BCUT2D eigenvalue weighted by Crippen LogP contribution is 2.21. The SMILES string of the molecule is CO[C@H]1CCC[C@@H]1NC(C)C. The average Bonchev–Trinajstić information content (AvgIpc) is 2.34. The third kappa shape index (κ3) is 2.46. The summed E-state index contributed by atoms with van der Waals surface area (Å²) in [4.78, 5) is 0. The Labute approximate surface area is 69.3 Å². The first-order valence-corrected chi connectivity index (χ1v) is 4.53. The molecule has 1 aliphatic carbocycles. The lowest BCUT2D eigenvalue weighted by atomic mass is 10.2. The standard InChI is InChI=1S/C9H19NO/c1-7(2)10-8-5-4-6-9(8)11-3/h7-10H,4-6H2,1-3H3/t8-,9-/m0/s1. The maximum absolute atomic E-state index is 5.36. The third-order valence-corrected chi connectivity index (χ3v) is 2.30. The molecule has 1 N–H and O–H groups in total. The quantitative estimate of drug-likeness (QED) is 0.671. The lowest BCUT2D eigenvalue weighted by Crippen LogP contribution is -2.40. The Morgan fingerprint density at radius 2 is 2.09 bits per heavy atom. The molecule has 2 nitrogen and oxygen atoms in total. The van der Waals surface area contributed by atoms with E-state index in [4.69, 9.17) is 4.74 Å². The van der Waals surface area contributed by atoms with Gasteiger partial charge in [-0.25, -0.2) is 0 Å². The molecule has 0 aromatic heterocycles. The van der Waals surface area contributed by atoms with Crippen LogP contribution in [0.15, 0.2) is 0 Å². The number of hydrogen-bond donors (Lipinski definition) is 1. The summed E-state index contributed by atoms with van der Waals surface area (Å²) in [6.07, 6.45) is 4.26. The number of nitrogens with one attached hydrogen (secondary N) is 1. The molecule has 0 bridgehead atoms. The monoisotopic (exact) mass is 157 g/mol. The Balaban J connectivity index is 2.31. The zero-order chi connectivity index (χ0) is 8.27. The van der Waals surface area contributed by atoms with Crippen LogP contribution < -0.4 is 5.32 Å². The minimum absolute atomic E-state index is 0.456. The van der Waals surface area contributed by atoms with E-state index in [1.807, 2.05) is 7.11 Å². The van der Waals surface area contributed by atoms with E-state index >= 15 is 0 Å². The van der Waals surface area contributed by atoms with Crippen LogP contribution >= 0.6 is 0 Å². The van der Waals surface area contributed by atoms with Gasteiger partial charge in [0.05, 0.1) is 6.10 Å². The fraction of sp³-hybridized carbons (Fsp3) is 1.00. The topological polar surface area (TPSA) is 21.3 Å². The molecule has 0 saturated heterocycles. The zero-order valence-electron chi connectivity index (χ0n) is 7.76. The lowest BCUT2D eigenvalue weighted by molar-refractivity contribution is 0.0827. The van der Waals surface area contributed by atoms with Crippen molar-refractivity contribution in [2.45, 2.75) is 51.3 Å². The van der Waals surface area contributed by atoms with Gasteiger partial charge in [-0.1, -0.05) is 13.8 Å². The Morgan fingerprint density at radius 1 is 1.36 bits per heavy atom. The van der Waals surface area contributed by atoms with Gasteiger partial charge in [-0.05, 0) is 19.3 Å². The number of rotatable bonds is 3. The predicted octanol–water partition coefficient (Wildman–Crippen LogP) is 1.55. The molecule has 11 heavy (non-hydrogen) atoms. The maximum atomic E-state index is 5.36. The minimum atomic E-state index is 0.456. The van der Waals surface area contributed by atoms with Crippen LogP contribution in [0.5, 0.6) is 0 Å². The summed E-state index contributed by atoms with van der Waals surface area (Å²) in [6.45, 7) is 4.37. The van der Waals surface area contributed by atoms with Crippen LogP contribution in [0, 0.1) is 0 Å². The Kier molecular flexibility index (Phi) is 3.34. The maximum Gasteiger partial charge on any atom is 0.0724 e. The highest BCUT2D eigenvalue weighted by molar-refractivity contribution is 4.84. The summed E-state index contributed by atoms with van der Waals surface area (Å²) < 4.78 is 5.36. The first-order valence-electron chi connectivity index (χ1n) is 4.53. The highest BCUT2D eigenvalue weighted by Gasteiger charge is 2.26. The molecule has 0 aliphatic heterocycles. The minimum Gasteiger partial charge on any atom is -0.380 e. The fourth-order valence-electron chi connectivity index (χ4n) is 1.83. The van der Waals surface area contributed by atoms with Crippen LogP contribution in [0.25, 0.3) is 0 Å². The number of ether oxygens (including phenoxy) is 1. The Bertz CT molecular complexity index is 114. The molecule has 0 heterocycles. The molecule has 0 radical (unpaired) electrons. The van der Waals surface area contributed by atoms with Gasteiger partial charge in [0.2, 0.25) is 0 Å². The Hall–Kier alpha value is -0.0800. The summed E-state index contributed by atoms with van der Waals surface area (Å²) in [6, 6.07) is 1.18. The van der Waals surface area contributed by atoms with Gasteiger partial charge in [0, 0.05) is 19.2 Å².